The number of aromatic amines is 1. The number of halogens is 2. The molecule has 0 fully saturated rings. The van der Waals surface area contributed by atoms with Gasteiger partial charge < -0.3 is 15.8 Å². The first-order valence-corrected chi connectivity index (χ1v) is 5.12. The largest absolute Gasteiger partial charge is 0.394 e. The monoisotopic (exact) mass is 273 g/mol. The first-order chi connectivity index (χ1) is 7.11. The van der Waals surface area contributed by atoms with Crippen LogP contribution >= 0.6 is 15.9 Å². The van der Waals surface area contributed by atoms with Crippen LogP contribution in [0, 0.1) is 5.82 Å². The summed E-state index contributed by atoms with van der Waals surface area (Å²) in [4.78, 5) is 7.01. The average molecular weight is 274 g/mol. The summed E-state index contributed by atoms with van der Waals surface area (Å²) in [5.41, 5.74) is 6.76. The normalized spacial score (nSPS) is 13.3. The Morgan fingerprint density at radius 2 is 2.33 bits per heavy atom. The quantitative estimate of drug-likeness (QED) is 0.776. The fourth-order valence-corrected chi connectivity index (χ4v) is 1.62. The van der Waals surface area contributed by atoms with E-state index in [1.165, 1.54) is 6.07 Å². The minimum Gasteiger partial charge on any atom is -0.394 e. The highest BCUT2D eigenvalue weighted by molar-refractivity contribution is 9.10. The molecule has 1 aromatic heterocycles. The zero-order valence-electron chi connectivity index (χ0n) is 7.67. The summed E-state index contributed by atoms with van der Waals surface area (Å²) in [6.07, 6.45) is 0. The summed E-state index contributed by atoms with van der Waals surface area (Å²) in [6, 6.07) is 2.33. The highest BCUT2D eigenvalue weighted by Gasteiger charge is 2.11. The molecule has 4 N–H and O–H groups in total. The maximum Gasteiger partial charge on any atom is 0.139 e. The number of imidazole rings is 1. The third-order valence-corrected chi connectivity index (χ3v) is 2.70. The molecule has 0 aliphatic rings. The number of hydrogen-bond donors (Lipinski definition) is 3. The van der Waals surface area contributed by atoms with Crippen molar-refractivity contribution >= 4 is 27.0 Å². The van der Waals surface area contributed by atoms with Crippen LogP contribution in [0.1, 0.15) is 11.9 Å². The zero-order valence-corrected chi connectivity index (χ0v) is 9.25. The molecule has 4 nitrogen and oxygen atoms in total. The maximum absolute atomic E-state index is 13.2. The van der Waals surface area contributed by atoms with Crippen molar-refractivity contribution in [3.63, 3.8) is 0 Å². The van der Waals surface area contributed by atoms with Crippen LogP contribution in [0.25, 0.3) is 11.0 Å². The number of aliphatic hydroxyl groups is 1. The third-order valence-electron chi connectivity index (χ3n) is 2.09. The molecule has 2 rings (SSSR count). The van der Waals surface area contributed by atoms with Gasteiger partial charge in [-0.1, -0.05) is 0 Å². The zero-order chi connectivity index (χ0) is 11.0. The number of fused-ring (bicyclic) bond motifs is 1. The van der Waals surface area contributed by atoms with Crippen molar-refractivity contribution in [2.24, 2.45) is 5.73 Å². The first-order valence-electron chi connectivity index (χ1n) is 4.33. The average Bonchev–Trinajstić information content (AvgIpc) is 2.60. The molecule has 0 radical (unpaired) electrons. The maximum atomic E-state index is 13.2. The topological polar surface area (TPSA) is 74.9 Å². The predicted molar refractivity (Wildman–Crippen MR) is 57.8 cm³/mol. The Morgan fingerprint density at radius 3 is 3.00 bits per heavy atom. The van der Waals surface area contributed by atoms with Crippen LogP contribution in [0.4, 0.5) is 4.39 Å². The van der Waals surface area contributed by atoms with Gasteiger partial charge in [0.15, 0.2) is 0 Å². The molecule has 2 aromatic rings. The van der Waals surface area contributed by atoms with Crippen LogP contribution in [0.3, 0.4) is 0 Å². The van der Waals surface area contributed by atoms with Crippen molar-refractivity contribution < 1.29 is 9.50 Å². The van der Waals surface area contributed by atoms with E-state index in [4.69, 9.17) is 10.8 Å². The molecule has 1 unspecified atom stereocenters. The molecule has 1 aromatic carbocycles. The molecule has 80 valence electrons. The number of nitrogens with two attached hydrogens (primary N) is 1. The van der Waals surface area contributed by atoms with Gasteiger partial charge in [-0.05, 0) is 22.0 Å². The number of nitrogens with zero attached hydrogens (tertiary/aromatic N) is 1. The van der Waals surface area contributed by atoms with Crippen molar-refractivity contribution in [2.45, 2.75) is 6.04 Å². The summed E-state index contributed by atoms with van der Waals surface area (Å²) < 4.78 is 13.5. The van der Waals surface area contributed by atoms with Gasteiger partial charge in [-0.2, -0.15) is 0 Å². The molecule has 6 heteroatoms. The summed E-state index contributed by atoms with van der Waals surface area (Å²) in [5.74, 6) is 0.0836. The summed E-state index contributed by atoms with van der Waals surface area (Å²) in [7, 11) is 0. The summed E-state index contributed by atoms with van der Waals surface area (Å²) in [6.45, 7) is -0.205. The number of benzene rings is 1. The molecule has 0 saturated carbocycles. The van der Waals surface area contributed by atoms with Crippen LogP contribution in [-0.4, -0.2) is 21.7 Å². The second-order valence-corrected chi connectivity index (χ2v) is 4.05. The molecule has 1 heterocycles. The number of rotatable bonds is 2. The van der Waals surface area contributed by atoms with Crippen LogP contribution in [-0.2, 0) is 0 Å². The number of aliphatic hydroxyl groups excluding tert-OH is 1. The van der Waals surface area contributed by atoms with Gasteiger partial charge in [0.25, 0.3) is 0 Å². The Labute approximate surface area is 93.4 Å². The van der Waals surface area contributed by atoms with Gasteiger partial charge in [0.2, 0.25) is 0 Å². The van der Waals surface area contributed by atoms with Crippen molar-refractivity contribution in [3.8, 4) is 0 Å². The summed E-state index contributed by atoms with van der Waals surface area (Å²) >= 11 is 3.07. The fourth-order valence-electron chi connectivity index (χ4n) is 1.29. The third kappa shape index (κ3) is 1.88. The van der Waals surface area contributed by atoms with E-state index in [1.54, 1.807) is 6.07 Å². The highest BCUT2D eigenvalue weighted by atomic mass is 79.9. The van der Waals surface area contributed by atoms with E-state index in [9.17, 15) is 4.39 Å². The molecular formula is C9H9BrFN3O. The van der Waals surface area contributed by atoms with E-state index in [1.807, 2.05) is 0 Å². The molecule has 1 atom stereocenters. The van der Waals surface area contributed by atoms with Gasteiger partial charge in [-0.3, -0.25) is 0 Å². The van der Waals surface area contributed by atoms with E-state index in [0.29, 0.717) is 21.3 Å². The Morgan fingerprint density at radius 1 is 1.60 bits per heavy atom. The Hall–Kier alpha value is -0.980. The van der Waals surface area contributed by atoms with E-state index < -0.39 is 6.04 Å². The van der Waals surface area contributed by atoms with Crippen molar-refractivity contribution in [3.05, 3.63) is 28.2 Å². The van der Waals surface area contributed by atoms with Crippen LogP contribution < -0.4 is 5.73 Å². The van der Waals surface area contributed by atoms with Crippen LogP contribution in [0.2, 0.25) is 0 Å². The lowest BCUT2D eigenvalue weighted by molar-refractivity contribution is 0.264. The Bertz CT molecular complexity index is 460. The second-order valence-electron chi connectivity index (χ2n) is 3.19. The second kappa shape index (κ2) is 3.88. The van der Waals surface area contributed by atoms with Gasteiger partial charge >= 0.3 is 0 Å². The first kappa shape index (κ1) is 10.5. The molecule has 0 bridgehead atoms. The van der Waals surface area contributed by atoms with E-state index >= 15 is 0 Å². The minimum absolute atomic E-state index is 0.205. The highest BCUT2D eigenvalue weighted by Crippen LogP contribution is 2.22. The Kier molecular flexibility index (Phi) is 2.72. The number of aromatic nitrogens is 2. The van der Waals surface area contributed by atoms with Gasteiger partial charge in [-0.15, -0.1) is 0 Å². The van der Waals surface area contributed by atoms with Gasteiger partial charge in [0.1, 0.15) is 11.6 Å². The molecule has 0 saturated heterocycles. The number of H-pyrrole nitrogens is 1. The van der Waals surface area contributed by atoms with Crippen molar-refractivity contribution in [1.82, 2.24) is 9.97 Å². The smallest absolute Gasteiger partial charge is 0.139 e. The lowest BCUT2D eigenvalue weighted by Gasteiger charge is -2.01. The summed E-state index contributed by atoms with van der Waals surface area (Å²) in [5, 5.41) is 8.85. The predicted octanol–water partition coefficient (Wildman–Crippen LogP) is 1.46. The van der Waals surface area contributed by atoms with Gasteiger partial charge in [0.05, 0.1) is 28.2 Å². The molecular weight excluding hydrogens is 265 g/mol. The number of nitrogens with one attached hydrogen (secondary N) is 1. The van der Waals surface area contributed by atoms with Crippen molar-refractivity contribution in [2.75, 3.05) is 6.61 Å². The van der Waals surface area contributed by atoms with E-state index in [-0.39, 0.29) is 12.4 Å². The SMILES string of the molecule is NC(CO)c1nc2cc(Br)c(F)cc2[nH]1. The molecule has 0 aliphatic carbocycles. The molecule has 0 amide bonds. The van der Waals surface area contributed by atoms with Gasteiger partial charge in [-0.25, -0.2) is 9.37 Å². The fraction of sp³-hybridized carbons (Fsp3) is 0.222. The lowest BCUT2D eigenvalue weighted by atomic mass is 10.3. The Balaban J connectivity index is 2.56. The lowest BCUT2D eigenvalue weighted by Crippen LogP contribution is -2.15. The standard InChI is InChI=1S/C9H9BrFN3O/c10-4-1-7-8(2-5(4)11)14-9(13-7)6(12)3-15/h1-2,6,15H,3,12H2,(H,13,14). The molecule has 0 aliphatic heterocycles. The van der Waals surface area contributed by atoms with Crippen LogP contribution in [0.5, 0.6) is 0 Å². The van der Waals surface area contributed by atoms with Gasteiger partial charge in [0, 0.05) is 6.07 Å². The molecule has 0 spiro atoms. The minimum atomic E-state index is -0.570. The van der Waals surface area contributed by atoms with Crippen molar-refractivity contribution in [1.29, 1.82) is 0 Å². The van der Waals surface area contributed by atoms with E-state index in [0.717, 1.165) is 0 Å². The van der Waals surface area contributed by atoms with E-state index in [2.05, 4.69) is 25.9 Å². The molecule has 15 heavy (non-hydrogen) atoms. The van der Waals surface area contributed by atoms with Crippen LogP contribution in [0.15, 0.2) is 16.6 Å². The number of hydrogen-bond acceptors (Lipinski definition) is 3.